The van der Waals surface area contributed by atoms with E-state index in [4.69, 9.17) is 9.47 Å². The number of unbranched alkanes of at least 4 members (excludes halogenated alkanes) is 2. The Morgan fingerprint density at radius 3 is 2.39 bits per heavy atom. The molecule has 0 aliphatic rings. The van der Waals surface area contributed by atoms with Gasteiger partial charge in [0.15, 0.2) is 0 Å². The number of carboxylic acids is 1. The van der Waals surface area contributed by atoms with Gasteiger partial charge in [0.1, 0.15) is 11.5 Å². The summed E-state index contributed by atoms with van der Waals surface area (Å²) in [7, 11) is 3.16. The number of aliphatic carboxylic acids is 1. The summed E-state index contributed by atoms with van der Waals surface area (Å²) in [6.07, 6.45) is 5.01. The molecule has 130 valence electrons. The molecule has 0 aliphatic carbocycles. The zero-order valence-corrected chi connectivity index (χ0v) is 15.0. The monoisotopic (exact) mass is 322 g/mol. The SMILES string of the molecule is CCCCCC(CC)C(C)(C(=O)O)c1cc(OC)ccc1OC. The predicted octanol–water partition coefficient (Wildman–Crippen LogP) is 4.65. The summed E-state index contributed by atoms with van der Waals surface area (Å²) in [5.74, 6) is 0.487. The number of carboxylic acid groups (broad SMARTS) is 1. The Labute approximate surface area is 139 Å². The van der Waals surface area contributed by atoms with Crippen LogP contribution in [0.25, 0.3) is 0 Å². The predicted molar refractivity (Wildman–Crippen MR) is 92.5 cm³/mol. The van der Waals surface area contributed by atoms with Crippen LogP contribution in [0.5, 0.6) is 11.5 Å². The molecule has 0 aromatic heterocycles. The second-order valence-electron chi connectivity index (χ2n) is 6.17. The summed E-state index contributed by atoms with van der Waals surface area (Å²) < 4.78 is 10.7. The highest BCUT2D eigenvalue weighted by atomic mass is 16.5. The van der Waals surface area contributed by atoms with Gasteiger partial charge in [-0.2, -0.15) is 0 Å². The third kappa shape index (κ3) is 4.18. The van der Waals surface area contributed by atoms with Crippen LogP contribution in [0.4, 0.5) is 0 Å². The van der Waals surface area contributed by atoms with Crippen LogP contribution < -0.4 is 9.47 Å². The van der Waals surface area contributed by atoms with Crippen molar-refractivity contribution in [1.29, 1.82) is 0 Å². The molecule has 0 fully saturated rings. The van der Waals surface area contributed by atoms with Gasteiger partial charge in [-0.3, -0.25) is 4.79 Å². The van der Waals surface area contributed by atoms with Crippen molar-refractivity contribution in [3.8, 4) is 11.5 Å². The van der Waals surface area contributed by atoms with Gasteiger partial charge in [-0.15, -0.1) is 0 Å². The summed E-state index contributed by atoms with van der Waals surface area (Å²) >= 11 is 0. The van der Waals surface area contributed by atoms with E-state index in [1.807, 2.05) is 6.92 Å². The third-order valence-electron chi connectivity index (χ3n) is 4.88. The molecule has 1 rings (SSSR count). The number of rotatable bonds is 10. The van der Waals surface area contributed by atoms with Gasteiger partial charge in [0.2, 0.25) is 0 Å². The lowest BCUT2D eigenvalue weighted by Gasteiger charge is -2.35. The first-order valence-corrected chi connectivity index (χ1v) is 8.41. The number of carbonyl (C=O) groups is 1. The molecule has 1 aromatic rings. The summed E-state index contributed by atoms with van der Waals surface area (Å²) in [6.45, 7) is 6.03. The maximum Gasteiger partial charge on any atom is 0.314 e. The Hall–Kier alpha value is -1.71. The van der Waals surface area contributed by atoms with E-state index in [0.29, 0.717) is 17.1 Å². The second-order valence-corrected chi connectivity index (χ2v) is 6.17. The molecule has 0 amide bonds. The van der Waals surface area contributed by atoms with E-state index in [0.717, 1.165) is 32.1 Å². The van der Waals surface area contributed by atoms with Gasteiger partial charge in [0.05, 0.1) is 19.6 Å². The Balaban J connectivity index is 3.34. The van der Waals surface area contributed by atoms with Crippen molar-refractivity contribution >= 4 is 5.97 Å². The van der Waals surface area contributed by atoms with Gasteiger partial charge in [0, 0.05) is 5.56 Å². The molecule has 0 heterocycles. The quantitative estimate of drug-likeness (QED) is 0.637. The number of benzene rings is 1. The molecule has 4 heteroatoms. The lowest BCUT2D eigenvalue weighted by molar-refractivity contribution is -0.145. The standard InChI is InChI=1S/C19H30O4/c1-6-8-9-10-14(7-2)19(3,18(20)21)16-13-15(22-4)11-12-17(16)23-5/h11-14H,6-10H2,1-5H3,(H,20,21). The highest BCUT2D eigenvalue weighted by Crippen LogP contribution is 2.43. The van der Waals surface area contributed by atoms with Crippen LogP contribution in [0.2, 0.25) is 0 Å². The van der Waals surface area contributed by atoms with Crippen LogP contribution in [-0.2, 0) is 10.2 Å². The van der Waals surface area contributed by atoms with Gasteiger partial charge in [-0.1, -0.05) is 39.5 Å². The lowest BCUT2D eigenvalue weighted by Crippen LogP contribution is -2.40. The summed E-state index contributed by atoms with van der Waals surface area (Å²) in [5, 5.41) is 10.0. The molecule has 4 nitrogen and oxygen atoms in total. The Morgan fingerprint density at radius 1 is 1.22 bits per heavy atom. The molecule has 1 aromatic carbocycles. The van der Waals surface area contributed by atoms with E-state index >= 15 is 0 Å². The Bertz CT molecular complexity index is 512. The van der Waals surface area contributed by atoms with Crippen LogP contribution in [0.3, 0.4) is 0 Å². The molecule has 0 saturated carbocycles. The molecule has 0 bridgehead atoms. The lowest BCUT2D eigenvalue weighted by atomic mass is 9.68. The number of methoxy groups -OCH3 is 2. The van der Waals surface area contributed by atoms with Crippen molar-refractivity contribution in [3.05, 3.63) is 23.8 Å². The van der Waals surface area contributed by atoms with Crippen LogP contribution in [0, 0.1) is 5.92 Å². The number of ether oxygens (including phenoxy) is 2. The van der Waals surface area contributed by atoms with E-state index in [-0.39, 0.29) is 5.92 Å². The zero-order valence-electron chi connectivity index (χ0n) is 15.0. The molecule has 2 atom stereocenters. The molecule has 0 saturated heterocycles. The molecule has 0 radical (unpaired) electrons. The molecule has 0 spiro atoms. The van der Waals surface area contributed by atoms with Gasteiger partial charge >= 0.3 is 5.97 Å². The maximum absolute atomic E-state index is 12.2. The smallest absolute Gasteiger partial charge is 0.314 e. The molecule has 1 N–H and O–H groups in total. The van der Waals surface area contributed by atoms with Gasteiger partial charge in [-0.05, 0) is 37.5 Å². The minimum absolute atomic E-state index is 0.0487. The van der Waals surface area contributed by atoms with E-state index in [2.05, 4.69) is 13.8 Å². The number of hydrogen-bond acceptors (Lipinski definition) is 3. The summed E-state index contributed by atoms with van der Waals surface area (Å²) in [5.41, 5.74) is -0.308. The van der Waals surface area contributed by atoms with Crippen molar-refractivity contribution in [1.82, 2.24) is 0 Å². The highest BCUT2D eigenvalue weighted by molar-refractivity contribution is 5.82. The first-order chi connectivity index (χ1) is 10.9. The molecular formula is C19H30O4. The minimum atomic E-state index is -0.998. The fourth-order valence-electron chi connectivity index (χ4n) is 3.27. The fourth-order valence-corrected chi connectivity index (χ4v) is 3.27. The fraction of sp³-hybridized carbons (Fsp3) is 0.632. The molecule has 23 heavy (non-hydrogen) atoms. The van der Waals surface area contributed by atoms with Gasteiger partial charge in [-0.25, -0.2) is 0 Å². The average molecular weight is 322 g/mol. The van der Waals surface area contributed by atoms with Crippen molar-refractivity contribution in [2.24, 2.45) is 5.92 Å². The maximum atomic E-state index is 12.2. The minimum Gasteiger partial charge on any atom is -0.497 e. The van der Waals surface area contributed by atoms with Crippen molar-refractivity contribution in [2.75, 3.05) is 14.2 Å². The first kappa shape index (κ1) is 19.3. The summed E-state index contributed by atoms with van der Waals surface area (Å²) in [4.78, 5) is 12.2. The van der Waals surface area contributed by atoms with E-state index in [1.165, 1.54) is 0 Å². The topological polar surface area (TPSA) is 55.8 Å². The summed E-state index contributed by atoms with van der Waals surface area (Å²) in [6, 6.07) is 5.38. The molecule has 2 unspecified atom stereocenters. The van der Waals surface area contributed by atoms with Crippen molar-refractivity contribution < 1.29 is 19.4 Å². The largest absolute Gasteiger partial charge is 0.497 e. The van der Waals surface area contributed by atoms with E-state index in [1.54, 1.807) is 32.4 Å². The third-order valence-corrected chi connectivity index (χ3v) is 4.88. The normalized spacial score (nSPS) is 14.8. The first-order valence-electron chi connectivity index (χ1n) is 8.41. The second kappa shape index (κ2) is 8.80. The van der Waals surface area contributed by atoms with Crippen molar-refractivity contribution in [3.63, 3.8) is 0 Å². The van der Waals surface area contributed by atoms with E-state index in [9.17, 15) is 9.90 Å². The van der Waals surface area contributed by atoms with Crippen molar-refractivity contribution in [2.45, 2.75) is 58.3 Å². The van der Waals surface area contributed by atoms with Crippen LogP contribution in [-0.4, -0.2) is 25.3 Å². The average Bonchev–Trinajstić information content (AvgIpc) is 2.57. The molecular weight excluding hydrogens is 292 g/mol. The Kier molecular flexibility index (Phi) is 7.40. The molecule has 0 aliphatic heterocycles. The Morgan fingerprint density at radius 2 is 1.91 bits per heavy atom. The van der Waals surface area contributed by atoms with Crippen LogP contribution >= 0.6 is 0 Å². The van der Waals surface area contributed by atoms with Crippen LogP contribution in [0.15, 0.2) is 18.2 Å². The van der Waals surface area contributed by atoms with Gasteiger partial charge in [0.25, 0.3) is 0 Å². The highest BCUT2D eigenvalue weighted by Gasteiger charge is 2.44. The van der Waals surface area contributed by atoms with E-state index < -0.39 is 11.4 Å². The number of hydrogen-bond donors (Lipinski definition) is 1. The van der Waals surface area contributed by atoms with Crippen LogP contribution in [0.1, 0.15) is 58.4 Å². The zero-order chi connectivity index (χ0) is 17.5. The van der Waals surface area contributed by atoms with Gasteiger partial charge < -0.3 is 14.6 Å².